The van der Waals surface area contributed by atoms with E-state index in [0.29, 0.717) is 11.3 Å². The van der Waals surface area contributed by atoms with Crippen LogP contribution in [0.4, 0.5) is 5.69 Å². The molecule has 0 aliphatic carbocycles. The minimum atomic E-state index is -4.00. The lowest BCUT2D eigenvalue weighted by Crippen LogP contribution is -2.23. The number of aromatic nitrogens is 2. The highest BCUT2D eigenvalue weighted by atomic mass is 32.2. The summed E-state index contributed by atoms with van der Waals surface area (Å²) in [7, 11) is -7.87. The quantitative estimate of drug-likeness (QED) is 0.442. The van der Waals surface area contributed by atoms with Crippen LogP contribution in [-0.2, 0) is 26.6 Å². The standard InChI is InChI=1S/C17H14N4O5S3/c22-28(23,18-11-13-5-3-9-26-13)14-6-1-4-12(10-14)21-29(24,25)16-8-2-7-15-17(16)20-27-19-15/h1-10,18,21H,11H2. The van der Waals surface area contributed by atoms with Crippen molar-refractivity contribution in [1.82, 2.24) is 13.5 Å². The third-order valence-electron chi connectivity index (χ3n) is 3.95. The molecule has 0 unspecified atom stereocenters. The Morgan fingerprint density at radius 1 is 0.931 bits per heavy atom. The normalized spacial score (nSPS) is 12.3. The van der Waals surface area contributed by atoms with Crippen LogP contribution in [0, 0.1) is 0 Å². The maximum absolute atomic E-state index is 12.8. The van der Waals surface area contributed by atoms with Gasteiger partial charge in [-0.1, -0.05) is 12.1 Å². The summed E-state index contributed by atoms with van der Waals surface area (Å²) >= 11 is 0.912. The van der Waals surface area contributed by atoms with Crippen LogP contribution in [0.25, 0.3) is 11.0 Å². The van der Waals surface area contributed by atoms with Crippen LogP contribution >= 0.6 is 11.7 Å². The van der Waals surface area contributed by atoms with Crippen LogP contribution in [0.3, 0.4) is 0 Å². The van der Waals surface area contributed by atoms with E-state index < -0.39 is 20.0 Å². The van der Waals surface area contributed by atoms with Crippen LogP contribution in [0.1, 0.15) is 5.76 Å². The van der Waals surface area contributed by atoms with Gasteiger partial charge in [0, 0.05) is 0 Å². The molecule has 9 nitrogen and oxygen atoms in total. The van der Waals surface area contributed by atoms with E-state index in [0.717, 1.165) is 11.7 Å². The molecule has 2 heterocycles. The van der Waals surface area contributed by atoms with Gasteiger partial charge < -0.3 is 4.42 Å². The molecule has 0 saturated carbocycles. The predicted octanol–water partition coefficient (Wildman–Crippen LogP) is 2.56. The smallest absolute Gasteiger partial charge is 0.264 e. The zero-order valence-corrected chi connectivity index (χ0v) is 17.1. The highest BCUT2D eigenvalue weighted by molar-refractivity contribution is 7.93. The number of fused-ring (bicyclic) bond motifs is 1. The van der Waals surface area contributed by atoms with Gasteiger partial charge in [0.05, 0.1) is 35.1 Å². The molecule has 4 rings (SSSR count). The largest absolute Gasteiger partial charge is 0.468 e. The lowest BCUT2D eigenvalue weighted by molar-refractivity contribution is 0.498. The Bertz CT molecular complexity index is 1360. The molecule has 0 radical (unpaired) electrons. The van der Waals surface area contributed by atoms with Crippen molar-refractivity contribution >= 4 is 48.5 Å². The topological polar surface area (TPSA) is 131 Å². The Balaban J connectivity index is 1.59. The molecule has 2 aromatic carbocycles. The molecule has 0 amide bonds. The van der Waals surface area contributed by atoms with Crippen molar-refractivity contribution in [2.75, 3.05) is 4.72 Å². The summed E-state index contributed by atoms with van der Waals surface area (Å²) in [6, 6.07) is 13.4. The molecule has 0 aliphatic heterocycles. The molecule has 0 spiro atoms. The monoisotopic (exact) mass is 450 g/mol. The van der Waals surface area contributed by atoms with E-state index >= 15 is 0 Å². The van der Waals surface area contributed by atoms with Gasteiger partial charge in [-0.15, -0.1) is 0 Å². The van der Waals surface area contributed by atoms with E-state index in [1.54, 1.807) is 24.3 Å². The van der Waals surface area contributed by atoms with Crippen molar-refractivity contribution in [2.45, 2.75) is 16.3 Å². The molecular weight excluding hydrogens is 436 g/mol. The van der Waals surface area contributed by atoms with Gasteiger partial charge in [0.15, 0.2) is 0 Å². The van der Waals surface area contributed by atoms with Gasteiger partial charge in [-0.25, -0.2) is 21.6 Å². The van der Waals surface area contributed by atoms with Crippen LogP contribution in [0.15, 0.2) is 75.1 Å². The molecule has 0 bridgehead atoms. The average Bonchev–Trinajstić information content (AvgIpc) is 3.37. The van der Waals surface area contributed by atoms with E-state index in [2.05, 4.69) is 18.2 Å². The zero-order chi connectivity index (χ0) is 20.5. The summed E-state index contributed by atoms with van der Waals surface area (Å²) in [5, 5.41) is 0. The average molecular weight is 451 g/mol. The number of hydrogen-bond donors (Lipinski definition) is 2. The number of furan rings is 1. The molecule has 0 saturated heterocycles. The van der Waals surface area contributed by atoms with Gasteiger partial charge in [0.2, 0.25) is 10.0 Å². The van der Waals surface area contributed by atoms with Gasteiger partial charge in [-0.2, -0.15) is 8.75 Å². The molecule has 2 aromatic heterocycles. The van der Waals surface area contributed by atoms with Gasteiger partial charge >= 0.3 is 0 Å². The molecule has 4 aromatic rings. The van der Waals surface area contributed by atoms with E-state index in [1.807, 2.05) is 0 Å². The van der Waals surface area contributed by atoms with Gasteiger partial charge in [-0.05, 0) is 42.5 Å². The molecule has 0 atom stereocenters. The SMILES string of the molecule is O=S(=O)(NCc1ccco1)c1cccc(NS(=O)(=O)c2cccc3nsnc23)c1. The fourth-order valence-electron chi connectivity index (χ4n) is 2.60. The first kappa shape index (κ1) is 19.5. The number of rotatable bonds is 7. The number of hydrogen-bond acceptors (Lipinski definition) is 8. The molecule has 29 heavy (non-hydrogen) atoms. The predicted molar refractivity (Wildman–Crippen MR) is 107 cm³/mol. The first-order valence-corrected chi connectivity index (χ1v) is 11.9. The van der Waals surface area contributed by atoms with Crippen LogP contribution < -0.4 is 9.44 Å². The summed E-state index contributed by atoms with van der Waals surface area (Å²) in [6.07, 6.45) is 1.44. The first-order valence-electron chi connectivity index (χ1n) is 8.21. The Morgan fingerprint density at radius 3 is 2.55 bits per heavy atom. The maximum atomic E-state index is 12.8. The highest BCUT2D eigenvalue weighted by Crippen LogP contribution is 2.24. The van der Waals surface area contributed by atoms with Crippen LogP contribution in [0.5, 0.6) is 0 Å². The van der Waals surface area contributed by atoms with Crippen LogP contribution in [0.2, 0.25) is 0 Å². The van der Waals surface area contributed by atoms with E-state index in [1.165, 1.54) is 36.6 Å². The molecular formula is C17H14N4O5S3. The van der Waals surface area contributed by atoms with Crippen molar-refractivity contribution in [3.05, 3.63) is 66.6 Å². The molecule has 150 valence electrons. The van der Waals surface area contributed by atoms with Gasteiger partial charge in [-0.3, -0.25) is 4.72 Å². The summed E-state index contributed by atoms with van der Waals surface area (Å²) < 4.78 is 68.6. The van der Waals surface area contributed by atoms with Crippen molar-refractivity contribution in [3.63, 3.8) is 0 Å². The lowest BCUT2D eigenvalue weighted by Gasteiger charge is -2.10. The Labute approximate surface area is 170 Å². The number of nitrogens with zero attached hydrogens (tertiary/aromatic N) is 2. The van der Waals surface area contributed by atoms with Crippen molar-refractivity contribution < 1.29 is 21.3 Å². The minimum absolute atomic E-state index is 0.0237. The summed E-state index contributed by atoms with van der Waals surface area (Å²) in [4.78, 5) is -0.120. The summed E-state index contributed by atoms with van der Waals surface area (Å²) in [5.41, 5.74) is 0.830. The molecule has 0 fully saturated rings. The van der Waals surface area contributed by atoms with E-state index in [9.17, 15) is 16.8 Å². The second-order valence-electron chi connectivity index (χ2n) is 5.93. The third-order valence-corrected chi connectivity index (χ3v) is 7.31. The summed E-state index contributed by atoms with van der Waals surface area (Å²) in [6.45, 7) is -0.0237. The summed E-state index contributed by atoms with van der Waals surface area (Å²) in [5.74, 6) is 0.454. The fourth-order valence-corrected chi connectivity index (χ4v) is 5.45. The Hall–Kier alpha value is -2.80. The van der Waals surface area contributed by atoms with Crippen molar-refractivity contribution in [1.29, 1.82) is 0 Å². The number of nitrogens with one attached hydrogen (secondary N) is 2. The minimum Gasteiger partial charge on any atom is -0.468 e. The first-order chi connectivity index (χ1) is 13.9. The number of anilines is 1. The van der Waals surface area contributed by atoms with Crippen LogP contribution in [-0.4, -0.2) is 25.6 Å². The second kappa shape index (κ2) is 7.55. The second-order valence-corrected chi connectivity index (χ2v) is 9.87. The number of sulfonamides is 2. The molecule has 12 heteroatoms. The third kappa shape index (κ3) is 4.15. The Kier molecular flexibility index (Phi) is 5.08. The fraction of sp³-hybridized carbons (Fsp3) is 0.0588. The zero-order valence-electron chi connectivity index (χ0n) is 14.6. The maximum Gasteiger partial charge on any atom is 0.264 e. The van der Waals surface area contributed by atoms with Crippen molar-refractivity contribution in [2.24, 2.45) is 0 Å². The highest BCUT2D eigenvalue weighted by Gasteiger charge is 2.21. The lowest BCUT2D eigenvalue weighted by atomic mass is 10.3. The van der Waals surface area contributed by atoms with E-state index in [-0.39, 0.29) is 27.5 Å². The van der Waals surface area contributed by atoms with Gasteiger partial charge in [0.25, 0.3) is 10.0 Å². The number of benzene rings is 2. The Morgan fingerprint density at radius 2 is 1.76 bits per heavy atom. The van der Waals surface area contributed by atoms with Crippen molar-refractivity contribution in [3.8, 4) is 0 Å². The molecule has 0 aliphatic rings. The van der Waals surface area contributed by atoms with E-state index in [4.69, 9.17) is 4.42 Å². The molecule has 2 N–H and O–H groups in total. The van der Waals surface area contributed by atoms with Gasteiger partial charge in [0.1, 0.15) is 21.7 Å².